The highest BCUT2D eigenvalue weighted by molar-refractivity contribution is 8.76. The van der Waals surface area contributed by atoms with Gasteiger partial charge in [-0.2, -0.15) is 12.6 Å². The summed E-state index contributed by atoms with van der Waals surface area (Å²) in [6.45, 7) is 2.22. The topological polar surface area (TPSA) is 111 Å². The van der Waals surface area contributed by atoms with Gasteiger partial charge >= 0.3 is 0 Å². The lowest BCUT2D eigenvalue weighted by molar-refractivity contribution is -0.123. The van der Waals surface area contributed by atoms with Crippen LogP contribution >= 0.6 is 34.2 Å². The summed E-state index contributed by atoms with van der Waals surface area (Å²) in [5.41, 5.74) is 11.8. The van der Waals surface area contributed by atoms with Crippen LogP contribution in [0, 0.1) is 0 Å². The number of ketones is 2. The van der Waals surface area contributed by atoms with Gasteiger partial charge < -0.3 is 11.5 Å². The Kier molecular flexibility index (Phi) is 11.9. The Balaban J connectivity index is 2.50. The van der Waals surface area contributed by atoms with E-state index in [0.717, 1.165) is 31.4 Å². The molecule has 9 heteroatoms. The number of rotatable bonds is 9. The summed E-state index contributed by atoms with van der Waals surface area (Å²) in [4.78, 5) is 28.7. The van der Waals surface area contributed by atoms with E-state index in [-0.39, 0.29) is 23.7 Å². The zero-order chi connectivity index (χ0) is 18.7. The Hall–Kier alpha value is -0.220. The van der Waals surface area contributed by atoms with Crippen molar-refractivity contribution >= 4 is 51.6 Å². The molecule has 1 heterocycles. The maximum absolute atomic E-state index is 12.5. The Morgan fingerprint density at radius 3 is 2.72 bits per heavy atom. The number of aliphatic imine (C=N–C) groups is 1. The number of thiol groups is 1. The van der Waals surface area contributed by atoms with Gasteiger partial charge in [0, 0.05) is 24.5 Å². The number of carbonyl (C=O) groups excluding carboxylic acids is 2. The molecule has 1 saturated heterocycles. The molecule has 0 aromatic heterocycles. The van der Waals surface area contributed by atoms with Gasteiger partial charge in [0.15, 0.2) is 5.78 Å². The van der Waals surface area contributed by atoms with E-state index in [1.54, 1.807) is 28.5 Å². The van der Waals surface area contributed by atoms with E-state index in [2.05, 4.69) is 22.9 Å². The van der Waals surface area contributed by atoms with E-state index in [1.165, 1.54) is 0 Å². The van der Waals surface area contributed by atoms with Gasteiger partial charge in [-0.1, -0.05) is 21.6 Å². The van der Waals surface area contributed by atoms with Gasteiger partial charge in [-0.3, -0.25) is 19.9 Å². The summed E-state index contributed by atoms with van der Waals surface area (Å²) in [5, 5.41) is 3.22. The van der Waals surface area contributed by atoms with Crippen LogP contribution in [-0.4, -0.2) is 59.3 Å². The van der Waals surface area contributed by atoms with Gasteiger partial charge in [-0.15, -0.1) is 0 Å². The molecule has 3 atom stereocenters. The second-order valence-corrected chi connectivity index (χ2v) is 9.16. The molecule has 5 N–H and O–H groups in total. The molecule has 0 aromatic rings. The Morgan fingerprint density at radius 2 is 2.04 bits per heavy atom. The third kappa shape index (κ3) is 9.33. The number of carbonyl (C=O) groups is 2. The average Bonchev–Trinajstić information content (AvgIpc) is 2.65. The largest absolute Gasteiger partial charge is 0.387 e. The van der Waals surface area contributed by atoms with Crippen molar-refractivity contribution in [3.63, 3.8) is 0 Å². The van der Waals surface area contributed by atoms with Crippen LogP contribution in [0.15, 0.2) is 4.99 Å². The molecule has 0 spiro atoms. The van der Waals surface area contributed by atoms with Crippen molar-refractivity contribution in [2.45, 2.75) is 57.2 Å². The lowest BCUT2D eigenvalue weighted by Gasteiger charge is -2.23. The first-order valence-electron chi connectivity index (χ1n) is 8.65. The fourth-order valence-electron chi connectivity index (χ4n) is 2.43. The van der Waals surface area contributed by atoms with Crippen molar-refractivity contribution in [2.75, 3.05) is 23.8 Å². The number of hydrogen-bond acceptors (Lipinski definition) is 8. The fourth-order valence-corrected chi connectivity index (χ4v) is 4.99. The van der Waals surface area contributed by atoms with Crippen LogP contribution in [0.1, 0.15) is 39.0 Å². The van der Waals surface area contributed by atoms with Gasteiger partial charge in [0.2, 0.25) is 0 Å². The van der Waals surface area contributed by atoms with Crippen LogP contribution in [0.2, 0.25) is 0 Å². The predicted molar refractivity (Wildman–Crippen MR) is 113 cm³/mol. The number of hydrogen-bond donors (Lipinski definition) is 4. The van der Waals surface area contributed by atoms with Crippen molar-refractivity contribution < 1.29 is 9.59 Å². The molecule has 0 amide bonds. The second kappa shape index (κ2) is 13.0. The predicted octanol–water partition coefficient (Wildman–Crippen LogP) is 1.43. The van der Waals surface area contributed by atoms with Gasteiger partial charge in [0.25, 0.3) is 0 Å². The van der Waals surface area contributed by atoms with Crippen molar-refractivity contribution in [3.8, 4) is 0 Å². The van der Waals surface area contributed by atoms with E-state index in [0.29, 0.717) is 30.3 Å². The van der Waals surface area contributed by atoms with E-state index >= 15 is 0 Å². The van der Waals surface area contributed by atoms with E-state index in [9.17, 15) is 9.59 Å². The van der Waals surface area contributed by atoms with Gasteiger partial charge in [-0.05, 0) is 38.4 Å². The number of nitrogens with one attached hydrogen (secondary N) is 1. The maximum atomic E-state index is 12.5. The minimum absolute atomic E-state index is 0.00181. The third-order valence-electron chi connectivity index (χ3n) is 3.97. The summed E-state index contributed by atoms with van der Waals surface area (Å²) in [7, 11) is 3.15. The van der Waals surface area contributed by atoms with E-state index in [1.807, 2.05) is 0 Å². The van der Waals surface area contributed by atoms with Crippen LogP contribution in [0.5, 0.6) is 0 Å². The fraction of sp³-hybridized carbons (Fsp3) is 0.812. The Bertz CT molecular complexity index is 463. The minimum atomic E-state index is -0.490. The molecule has 1 aliphatic heterocycles. The normalized spacial score (nSPS) is 26.0. The number of nitrogens with two attached hydrogens (primary N) is 2. The highest BCUT2D eigenvalue weighted by Crippen LogP contribution is 2.25. The third-order valence-corrected chi connectivity index (χ3v) is 6.74. The lowest BCUT2D eigenvalue weighted by Crippen LogP contribution is -2.52. The van der Waals surface area contributed by atoms with E-state index < -0.39 is 6.04 Å². The Labute approximate surface area is 163 Å². The molecule has 0 radical (unpaired) electrons. The van der Waals surface area contributed by atoms with Crippen molar-refractivity contribution in [3.05, 3.63) is 0 Å². The van der Waals surface area contributed by atoms with Crippen LogP contribution in [-0.2, 0) is 9.59 Å². The summed E-state index contributed by atoms with van der Waals surface area (Å²) < 4.78 is 0. The monoisotopic (exact) mass is 406 g/mol. The summed E-state index contributed by atoms with van der Waals surface area (Å²) in [6, 6.07) is -1.16. The zero-order valence-corrected chi connectivity index (χ0v) is 17.3. The maximum Gasteiger partial charge on any atom is 0.167 e. The minimum Gasteiger partial charge on any atom is -0.387 e. The molecule has 1 fully saturated rings. The molecular formula is C16H30N4O2S3. The highest BCUT2D eigenvalue weighted by atomic mass is 33.1. The van der Waals surface area contributed by atoms with E-state index in [4.69, 9.17) is 11.5 Å². The standard InChI is InChI=1S/C16H30N4O2S3/c1-11(21)14-10-25-24-9-12(17)16(22)13(20-14)5-2-3-7-19-15(18)6-4-8-23/h12-14,20,23H,2-10,17H2,1H3,(H2,18,19)/t12?,13-,14?/m0/s1. The molecule has 0 saturated carbocycles. The molecule has 144 valence electrons. The zero-order valence-electron chi connectivity index (χ0n) is 14.8. The molecule has 0 aromatic carbocycles. The van der Waals surface area contributed by atoms with Crippen LogP contribution < -0.4 is 16.8 Å². The lowest BCUT2D eigenvalue weighted by atomic mass is 9.99. The highest BCUT2D eigenvalue weighted by Gasteiger charge is 2.29. The molecule has 0 bridgehead atoms. The van der Waals surface area contributed by atoms with Crippen molar-refractivity contribution in [1.82, 2.24) is 5.32 Å². The summed E-state index contributed by atoms with van der Waals surface area (Å²) in [6.07, 6.45) is 4.06. The van der Waals surface area contributed by atoms with Crippen molar-refractivity contribution in [1.29, 1.82) is 0 Å². The smallest absolute Gasteiger partial charge is 0.167 e. The van der Waals surface area contributed by atoms with Crippen LogP contribution in [0.25, 0.3) is 0 Å². The molecular weight excluding hydrogens is 376 g/mol. The first-order valence-corrected chi connectivity index (χ1v) is 11.8. The van der Waals surface area contributed by atoms with Crippen LogP contribution in [0.4, 0.5) is 0 Å². The van der Waals surface area contributed by atoms with Crippen molar-refractivity contribution in [2.24, 2.45) is 16.5 Å². The first kappa shape index (κ1) is 22.8. The molecule has 2 unspecified atom stereocenters. The molecule has 1 rings (SSSR count). The van der Waals surface area contributed by atoms with Gasteiger partial charge in [0.1, 0.15) is 5.78 Å². The molecule has 25 heavy (non-hydrogen) atoms. The van der Waals surface area contributed by atoms with Crippen LogP contribution in [0.3, 0.4) is 0 Å². The summed E-state index contributed by atoms with van der Waals surface area (Å²) in [5.74, 6) is 2.76. The number of Topliss-reactive ketones (excluding diaryl/α,β-unsaturated/α-hetero) is 2. The molecule has 1 aliphatic rings. The molecule has 0 aliphatic carbocycles. The average molecular weight is 407 g/mol. The first-order chi connectivity index (χ1) is 12.0. The number of nitrogens with zero attached hydrogens (tertiary/aromatic N) is 1. The number of amidine groups is 1. The van der Waals surface area contributed by atoms with Gasteiger partial charge in [0.05, 0.1) is 24.0 Å². The van der Waals surface area contributed by atoms with Gasteiger partial charge in [-0.25, -0.2) is 0 Å². The number of unbranched alkanes of at least 4 members (excludes halogenated alkanes) is 1. The second-order valence-electron chi connectivity index (χ2n) is 6.16. The quantitative estimate of drug-likeness (QED) is 0.151. The molecule has 6 nitrogen and oxygen atoms in total. The summed E-state index contributed by atoms with van der Waals surface area (Å²) >= 11 is 4.15. The Morgan fingerprint density at radius 1 is 1.32 bits per heavy atom. The SMILES string of the molecule is CC(=O)C1CSSCC(N)C(=O)[C@H](CCCCN=C(N)CCCS)N1.